The van der Waals surface area contributed by atoms with Crippen LogP contribution in [-0.2, 0) is 65.4 Å². The van der Waals surface area contributed by atoms with E-state index in [1.54, 1.807) is 0 Å². The molecule has 0 heterocycles. The fourth-order valence-electron chi connectivity index (χ4n) is 13.1. The number of unbranched alkanes of at least 4 members (excludes halogenated alkanes) is 47. The van der Waals surface area contributed by atoms with Gasteiger partial charge < -0.3 is 33.8 Å². The molecule has 0 aliphatic heterocycles. The quantitative estimate of drug-likeness (QED) is 0.0222. The van der Waals surface area contributed by atoms with Gasteiger partial charge in [-0.2, -0.15) is 0 Å². The molecular weight excluding hydrogens is 1350 g/mol. The van der Waals surface area contributed by atoms with E-state index in [9.17, 15) is 43.2 Å². The standard InChI is InChI=1S/C85H166O17P2/c1-9-78(8)64-56-48-39-33-27-21-14-12-10-11-13-15-22-29-35-41-51-59-67-84(89)101-80(71-95-82(87)65-57-49-40-34-28-24-18-20-26-32-38-46-54-62-76(4)5)73-99-103(91,92)97-69-79(86)70-98-104(93,94)100-74-81(72-96-83(88)66-58-50-44-43-47-55-63-77(6)7)102-85(90)68-60-52-42-36-30-23-17-16-19-25-31-37-45-53-61-75(2)3/h75-81,86H,9-74H2,1-8H3,(H,91,92)(H,93,94)/t78?,79?,80-,81-/m1/s1. The highest BCUT2D eigenvalue weighted by molar-refractivity contribution is 7.47. The second kappa shape index (κ2) is 73.8. The van der Waals surface area contributed by atoms with Crippen molar-refractivity contribution in [1.82, 2.24) is 0 Å². The molecule has 0 amide bonds. The summed E-state index contributed by atoms with van der Waals surface area (Å²) in [4.78, 5) is 73.1. The molecule has 618 valence electrons. The van der Waals surface area contributed by atoms with Crippen molar-refractivity contribution in [3.8, 4) is 0 Å². The number of ether oxygens (including phenoxy) is 4. The molecule has 0 fully saturated rings. The topological polar surface area (TPSA) is 237 Å². The van der Waals surface area contributed by atoms with E-state index in [1.807, 2.05) is 0 Å². The summed E-state index contributed by atoms with van der Waals surface area (Å²) in [5.74, 6) is 1.03. The Hall–Kier alpha value is -1.94. The van der Waals surface area contributed by atoms with Gasteiger partial charge in [0, 0.05) is 25.7 Å². The molecule has 0 bridgehead atoms. The van der Waals surface area contributed by atoms with Gasteiger partial charge in [-0.05, 0) is 49.4 Å². The molecule has 3 N–H and O–H groups in total. The van der Waals surface area contributed by atoms with Crippen molar-refractivity contribution in [2.45, 2.75) is 459 Å². The van der Waals surface area contributed by atoms with Gasteiger partial charge >= 0.3 is 39.5 Å². The third kappa shape index (κ3) is 76.8. The largest absolute Gasteiger partial charge is 0.472 e. The molecule has 0 aliphatic rings. The van der Waals surface area contributed by atoms with Gasteiger partial charge in [0.15, 0.2) is 12.2 Å². The van der Waals surface area contributed by atoms with Gasteiger partial charge in [0.2, 0.25) is 0 Å². The van der Waals surface area contributed by atoms with Crippen LogP contribution < -0.4 is 0 Å². The fourth-order valence-corrected chi connectivity index (χ4v) is 14.7. The van der Waals surface area contributed by atoms with Crippen LogP contribution in [0.4, 0.5) is 0 Å². The zero-order valence-electron chi connectivity index (χ0n) is 68.7. The minimum atomic E-state index is -4.97. The maximum Gasteiger partial charge on any atom is 0.472 e. The molecule has 0 spiro atoms. The summed E-state index contributed by atoms with van der Waals surface area (Å²) in [6.45, 7) is 14.3. The summed E-state index contributed by atoms with van der Waals surface area (Å²) in [6.07, 6.45) is 62.6. The van der Waals surface area contributed by atoms with E-state index < -0.39 is 97.5 Å². The average molecular weight is 1520 g/mol. The van der Waals surface area contributed by atoms with Crippen LogP contribution in [0.3, 0.4) is 0 Å². The molecule has 0 aromatic rings. The molecule has 0 saturated heterocycles. The van der Waals surface area contributed by atoms with Crippen molar-refractivity contribution in [1.29, 1.82) is 0 Å². The number of aliphatic hydroxyl groups is 1. The molecule has 17 nitrogen and oxygen atoms in total. The summed E-state index contributed by atoms with van der Waals surface area (Å²) in [7, 11) is -9.93. The number of phosphoric ester groups is 2. The number of rotatable bonds is 82. The number of esters is 4. The summed E-state index contributed by atoms with van der Waals surface area (Å²) in [5, 5.41) is 10.7. The predicted octanol–water partition coefficient (Wildman–Crippen LogP) is 25.6. The smallest absolute Gasteiger partial charge is 0.462 e. The van der Waals surface area contributed by atoms with E-state index in [0.29, 0.717) is 31.6 Å². The van der Waals surface area contributed by atoms with E-state index in [0.717, 1.165) is 114 Å². The molecule has 0 aromatic carbocycles. The van der Waals surface area contributed by atoms with Crippen LogP contribution in [0.25, 0.3) is 0 Å². The SMILES string of the molecule is CCC(C)CCCCCCCCCCCCCCCCCCCCC(=O)O[C@H](COC(=O)CCCCCCCCCCCCCCCC(C)C)COP(=O)(O)OCC(O)COP(=O)(O)OC[C@@H](COC(=O)CCCCCCCCC(C)C)OC(=O)CCCCCCCCCCCCCCCCC(C)C. The maximum absolute atomic E-state index is 13.1. The summed E-state index contributed by atoms with van der Waals surface area (Å²) in [5.41, 5.74) is 0. The average Bonchev–Trinajstić information content (AvgIpc) is 0.906. The lowest BCUT2D eigenvalue weighted by atomic mass is 9.99. The van der Waals surface area contributed by atoms with Crippen molar-refractivity contribution in [2.24, 2.45) is 23.7 Å². The number of phosphoric acid groups is 2. The van der Waals surface area contributed by atoms with E-state index in [2.05, 4.69) is 55.4 Å². The van der Waals surface area contributed by atoms with Gasteiger partial charge in [0.25, 0.3) is 0 Å². The van der Waals surface area contributed by atoms with E-state index in [-0.39, 0.29) is 25.7 Å². The van der Waals surface area contributed by atoms with Gasteiger partial charge in [-0.3, -0.25) is 37.3 Å². The summed E-state index contributed by atoms with van der Waals surface area (Å²) < 4.78 is 68.8. The fraction of sp³-hybridized carbons (Fsp3) is 0.953. The lowest BCUT2D eigenvalue weighted by Crippen LogP contribution is -2.30. The highest BCUT2D eigenvalue weighted by atomic mass is 31.2. The second-order valence-corrected chi connectivity index (χ2v) is 35.2. The van der Waals surface area contributed by atoms with Crippen LogP contribution in [0.2, 0.25) is 0 Å². The number of aliphatic hydroxyl groups excluding tert-OH is 1. The van der Waals surface area contributed by atoms with E-state index in [4.69, 9.17) is 37.0 Å². The molecule has 104 heavy (non-hydrogen) atoms. The Balaban J connectivity index is 5.21. The van der Waals surface area contributed by atoms with Gasteiger partial charge in [-0.25, -0.2) is 9.13 Å². The van der Waals surface area contributed by atoms with Crippen molar-refractivity contribution in [3.63, 3.8) is 0 Å². The first kappa shape index (κ1) is 102. The molecular formula is C85H166O17P2. The zero-order valence-corrected chi connectivity index (χ0v) is 70.5. The molecule has 0 saturated carbocycles. The maximum atomic E-state index is 13.1. The number of hydrogen-bond donors (Lipinski definition) is 3. The molecule has 19 heteroatoms. The summed E-state index contributed by atoms with van der Waals surface area (Å²) >= 11 is 0. The molecule has 0 aromatic heterocycles. The van der Waals surface area contributed by atoms with Crippen LogP contribution in [0.1, 0.15) is 441 Å². The van der Waals surface area contributed by atoms with Crippen molar-refractivity contribution in [3.05, 3.63) is 0 Å². The molecule has 0 aliphatic carbocycles. The monoisotopic (exact) mass is 1520 g/mol. The Morgan fingerprint density at radius 1 is 0.269 bits per heavy atom. The minimum absolute atomic E-state index is 0.106. The highest BCUT2D eigenvalue weighted by Crippen LogP contribution is 2.45. The zero-order chi connectivity index (χ0) is 76.7. The van der Waals surface area contributed by atoms with Crippen molar-refractivity contribution in [2.75, 3.05) is 39.6 Å². The first-order valence-electron chi connectivity index (χ1n) is 43.7. The Kier molecular flexibility index (Phi) is 72.5. The van der Waals surface area contributed by atoms with Crippen molar-refractivity contribution >= 4 is 39.5 Å². The van der Waals surface area contributed by atoms with Crippen LogP contribution in [0.15, 0.2) is 0 Å². The molecule has 4 unspecified atom stereocenters. The first-order chi connectivity index (χ1) is 50.1. The lowest BCUT2D eigenvalue weighted by Gasteiger charge is -2.21. The van der Waals surface area contributed by atoms with Crippen molar-refractivity contribution < 1.29 is 80.2 Å². The number of carbonyl (C=O) groups is 4. The van der Waals surface area contributed by atoms with Crippen LogP contribution >= 0.6 is 15.6 Å². The van der Waals surface area contributed by atoms with Gasteiger partial charge in [-0.1, -0.05) is 389 Å². The Morgan fingerprint density at radius 3 is 0.683 bits per heavy atom. The minimum Gasteiger partial charge on any atom is -0.462 e. The Morgan fingerprint density at radius 2 is 0.462 bits per heavy atom. The van der Waals surface area contributed by atoms with E-state index in [1.165, 1.54) is 238 Å². The van der Waals surface area contributed by atoms with Gasteiger partial charge in [0.1, 0.15) is 19.3 Å². The predicted molar refractivity (Wildman–Crippen MR) is 428 cm³/mol. The number of carbonyl (C=O) groups excluding carboxylic acids is 4. The van der Waals surface area contributed by atoms with Crippen LogP contribution in [-0.4, -0.2) is 96.7 Å². The Labute approximate surface area is 638 Å². The van der Waals surface area contributed by atoms with E-state index >= 15 is 0 Å². The van der Waals surface area contributed by atoms with Gasteiger partial charge in [0.05, 0.1) is 26.4 Å². The van der Waals surface area contributed by atoms with Crippen LogP contribution in [0, 0.1) is 23.7 Å². The summed E-state index contributed by atoms with van der Waals surface area (Å²) in [6, 6.07) is 0. The molecule has 0 rings (SSSR count). The lowest BCUT2D eigenvalue weighted by molar-refractivity contribution is -0.161. The second-order valence-electron chi connectivity index (χ2n) is 32.2. The highest BCUT2D eigenvalue weighted by Gasteiger charge is 2.30. The Bertz CT molecular complexity index is 2030. The normalized spacial score (nSPS) is 14.2. The number of hydrogen-bond acceptors (Lipinski definition) is 15. The third-order valence-corrected chi connectivity index (χ3v) is 22.1. The van der Waals surface area contributed by atoms with Crippen LogP contribution in [0.5, 0.6) is 0 Å². The van der Waals surface area contributed by atoms with Gasteiger partial charge in [-0.15, -0.1) is 0 Å². The first-order valence-corrected chi connectivity index (χ1v) is 46.7. The molecule has 0 radical (unpaired) electrons. The molecule has 6 atom stereocenters. The third-order valence-electron chi connectivity index (χ3n) is 20.2.